The maximum absolute atomic E-state index is 3.78. The summed E-state index contributed by atoms with van der Waals surface area (Å²) >= 11 is 5.09. The fourth-order valence-electron chi connectivity index (χ4n) is 0.845. The monoisotopic (exact) mass is 259 g/mol. The Morgan fingerprint density at radius 1 is 1.54 bits per heavy atom. The van der Waals surface area contributed by atoms with Crippen molar-refractivity contribution in [2.75, 3.05) is 5.32 Å². The lowest BCUT2D eigenvalue weighted by Crippen LogP contribution is -2.00. The zero-order valence-corrected chi connectivity index (χ0v) is 8.89. The third-order valence-electron chi connectivity index (χ3n) is 1.47. The van der Waals surface area contributed by atoms with Crippen LogP contribution in [-0.2, 0) is 6.54 Å². The van der Waals surface area contributed by atoms with Gasteiger partial charge in [-0.05, 0) is 32.1 Å². The van der Waals surface area contributed by atoms with Crippen molar-refractivity contribution in [2.24, 2.45) is 0 Å². The predicted molar refractivity (Wildman–Crippen MR) is 53.5 cm³/mol. The van der Waals surface area contributed by atoms with Crippen LogP contribution in [0.15, 0.2) is 15.2 Å². The van der Waals surface area contributed by atoms with Gasteiger partial charge in [0.15, 0.2) is 0 Å². The van der Waals surface area contributed by atoms with E-state index in [1.54, 1.807) is 11.3 Å². The fourth-order valence-corrected chi connectivity index (χ4v) is 2.29. The number of aromatic amines is 1. The van der Waals surface area contributed by atoms with Crippen molar-refractivity contribution in [3.05, 3.63) is 20.8 Å². The highest BCUT2D eigenvalue weighted by Crippen LogP contribution is 2.21. The quantitative estimate of drug-likeness (QED) is 0.880. The number of anilines is 1. The number of tetrazole rings is 1. The van der Waals surface area contributed by atoms with Crippen LogP contribution in [-0.4, -0.2) is 20.6 Å². The number of H-pyrrole nitrogens is 1. The van der Waals surface area contributed by atoms with Crippen LogP contribution < -0.4 is 5.32 Å². The van der Waals surface area contributed by atoms with E-state index in [9.17, 15) is 0 Å². The molecule has 0 atom stereocenters. The van der Waals surface area contributed by atoms with Crippen LogP contribution in [0.25, 0.3) is 0 Å². The molecule has 2 aromatic rings. The van der Waals surface area contributed by atoms with E-state index in [2.05, 4.69) is 47.3 Å². The summed E-state index contributed by atoms with van der Waals surface area (Å²) in [6.45, 7) is 0.698. The molecular formula is C6H6BrN5S. The van der Waals surface area contributed by atoms with Crippen molar-refractivity contribution in [1.82, 2.24) is 20.6 Å². The van der Waals surface area contributed by atoms with E-state index in [1.165, 1.54) is 5.56 Å². The van der Waals surface area contributed by atoms with Gasteiger partial charge in [-0.15, -0.1) is 5.10 Å². The number of rotatable bonds is 3. The lowest BCUT2D eigenvalue weighted by Gasteiger charge is -1.98. The Kier molecular flexibility index (Phi) is 2.55. The van der Waals surface area contributed by atoms with Crippen LogP contribution in [0.5, 0.6) is 0 Å². The summed E-state index contributed by atoms with van der Waals surface area (Å²) in [7, 11) is 0. The van der Waals surface area contributed by atoms with Crippen molar-refractivity contribution < 1.29 is 0 Å². The molecule has 0 bridgehead atoms. The molecule has 0 aliphatic rings. The van der Waals surface area contributed by atoms with Crippen molar-refractivity contribution >= 4 is 33.2 Å². The van der Waals surface area contributed by atoms with Gasteiger partial charge in [0.2, 0.25) is 0 Å². The number of nitrogens with one attached hydrogen (secondary N) is 2. The largest absolute Gasteiger partial charge is 0.347 e. The minimum atomic E-state index is 0.512. The van der Waals surface area contributed by atoms with E-state index >= 15 is 0 Å². The zero-order valence-electron chi connectivity index (χ0n) is 6.49. The SMILES string of the molecule is Brc1cscc1CNc1nn[nH]n1. The Balaban J connectivity index is 1.97. The molecule has 0 aliphatic carbocycles. The number of hydrogen-bond donors (Lipinski definition) is 2. The van der Waals surface area contributed by atoms with Crippen LogP contribution in [0.2, 0.25) is 0 Å². The van der Waals surface area contributed by atoms with Crippen molar-refractivity contribution in [3.63, 3.8) is 0 Å². The Bertz CT molecular complexity index is 370. The molecule has 0 aliphatic heterocycles. The van der Waals surface area contributed by atoms with E-state index in [1.807, 2.05) is 5.38 Å². The highest BCUT2D eigenvalue weighted by Gasteiger charge is 2.01. The molecule has 0 amide bonds. The zero-order chi connectivity index (χ0) is 9.10. The first kappa shape index (κ1) is 8.64. The first-order chi connectivity index (χ1) is 6.36. The van der Waals surface area contributed by atoms with Gasteiger partial charge in [-0.3, -0.25) is 0 Å². The van der Waals surface area contributed by atoms with E-state index < -0.39 is 0 Å². The highest BCUT2D eigenvalue weighted by atomic mass is 79.9. The van der Waals surface area contributed by atoms with Crippen molar-refractivity contribution in [2.45, 2.75) is 6.54 Å². The number of nitrogens with zero attached hydrogens (tertiary/aromatic N) is 3. The summed E-state index contributed by atoms with van der Waals surface area (Å²) in [4.78, 5) is 0. The molecule has 0 aromatic carbocycles. The maximum Gasteiger partial charge on any atom is 0.263 e. The molecule has 2 N–H and O–H groups in total. The summed E-state index contributed by atoms with van der Waals surface area (Å²) in [5, 5.41) is 20.5. The van der Waals surface area contributed by atoms with Crippen molar-refractivity contribution in [3.8, 4) is 0 Å². The minimum absolute atomic E-state index is 0.512. The van der Waals surface area contributed by atoms with Gasteiger partial charge in [0.05, 0.1) is 0 Å². The van der Waals surface area contributed by atoms with Crippen LogP contribution in [0.4, 0.5) is 5.95 Å². The average molecular weight is 260 g/mol. The van der Waals surface area contributed by atoms with Gasteiger partial charge in [0, 0.05) is 16.4 Å². The molecule has 0 fully saturated rings. The molecule has 2 heterocycles. The van der Waals surface area contributed by atoms with Gasteiger partial charge in [-0.2, -0.15) is 16.6 Å². The number of thiophene rings is 1. The van der Waals surface area contributed by atoms with E-state index in [0.717, 1.165) is 4.47 Å². The smallest absolute Gasteiger partial charge is 0.263 e. The molecule has 2 rings (SSSR count). The standard InChI is InChI=1S/C6H6BrN5S/c7-5-3-13-2-4(5)1-8-6-9-11-12-10-6/h2-3H,1H2,(H2,8,9,10,11,12). The molecular weight excluding hydrogens is 254 g/mol. The summed E-state index contributed by atoms with van der Waals surface area (Å²) in [6, 6.07) is 0. The highest BCUT2D eigenvalue weighted by molar-refractivity contribution is 9.10. The first-order valence-electron chi connectivity index (χ1n) is 3.54. The summed E-state index contributed by atoms with van der Waals surface area (Å²) in [5.41, 5.74) is 1.19. The number of aromatic nitrogens is 4. The lowest BCUT2D eigenvalue weighted by molar-refractivity contribution is 0.881. The third kappa shape index (κ3) is 2.04. The molecule has 0 unspecified atom stereocenters. The van der Waals surface area contributed by atoms with E-state index in [-0.39, 0.29) is 0 Å². The number of hydrogen-bond acceptors (Lipinski definition) is 5. The minimum Gasteiger partial charge on any atom is -0.347 e. The Morgan fingerprint density at radius 3 is 3.08 bits per heavy atom. The Labute approximate surface area is 86.7 Å². The Hall–Kier alpha value is -0.950. The fraction of sp³-hybridized carbons (Fsp3) is 0.167. The van der Waals surface area contributed by atoms with Gasteiger partial charge >= 0.3 is 0 Å². The topological polar surface area (TPSA) is 66.5 Å². The van der Waals surface area contributed by atoms with E-state index in [0.29, 0.717) is 12.5 Å². The maximum atomic E-state index is 3.78. The molecule has 0 spiro atoms. The Morgan fingerprint density at radius 2 is 2.46 bits per heavy atom. The van der Waals surface area contributed by atoms with Crippen LogP contribution in [0, 0.1) is 0 Å². The molecule has 13 heavy (non-hydrogen) atoms. The lowest BCUT2D eigenvalue weighted by atomic mass is 10.3. The van der Waals surface area contributed by atoms with Crippen LogP contribution in [0.3, 0.4) is 0 Å². The van der Waals surface area contributed by atoms with Crippen molar-refractivity contribution in [1.29, 1.82) is 0 Å². The van der Waals surface area contributed by atoms with Gasteiger partial charge in [-0.1, -0.05) is 5.10 Å². The second-order valence-electron chi connectivity index (χ2n) is 2.33. The second-order valence-corrected chi connectivity index (χ2v) is 3.93. The van der Waals surface area contributed by atoms with Gasteiger partial charge in [0.25, 0.3) is 5.95 Å². The van der Waals surface area contributed by atoms with Crippen LogP contribution >= 0.6 is 27.3 Å². The van der Waals surface area contributed by atoms with Gasteiger partial charge < -0.3 is 5.32 Å². The molecule has 7 heteroatoms. The summed E-state index contributed by atoms with van der Waals surface area (Å²) in [6.07, 6.45) is 0. The van der Waals surface area contributed by atoms with Crippen LogP contribution in [0.1, 0.15) is 5.56 Å². The van der Waals surface area contributed by atoms with Gasteiger partial charge in [-0.25, -0.2) is 0 Å². The van der Waals surface area contributed by atoms with E-state index in [4.69, 9.17) is 0 Å². The second kappa shape index (κ2) is 3.84. The molecule has 0 saturated carbocycles. The summed E-state index contributed by atoms with van der Waals surface area (Å²) in [5.74, 6) is 0.512. The third-order valence-corrected chi connectivity index (χ3v) is 3.30. The molecule has 0 saturated heterocycles. The first-order valence-corrected chi connectivity index (χ1v) is 5.28. The predicted octanol–water partition coefficient (Wildman–Crippen LogP) is 1.64. The number of halogens is 1. The molecule has 0 radical (unpaired) electrons. The average Bonchev–Trinajstić information content (AvgIpc) is 2.72. The summed E-state index contributed by atoms with van der Waals surface area (Å²) < 4.78 is 1.11. The normalized spacial score (nSPS) is 10.2. The van der Waals surface area contributed by atoms with Gasteiger partial charge in [0.1, 0.15) is 0 Å². The molecule has 2 aromatic heterocycles. The molecule has 68 valence electrons. The molecule has 5 nitrogen and oxygen atoms in total.